The second-order valence-electron chi connectivity index (χ2n) is 13.2. The first-order chi connectivity index (χ1) is 25.8. The Hall–Kier alpha value is -6.76. The van der Waals surface area contributed by atoms with E-state index in [1.807, 2.05) is 47.7 Å². The van der Waals surface area contributed by atoms with Crippen molar-refractivity contribution in [3.63, 3.8) is 0 Å². The van der Waals surface area contributed by atoms with E-state index in [1.54, 1.807) is 0 Å². The standard InChI is InChI=1S/C46H29N5S/c1-4-12-30(13-5-1)45-47-48-46(31-14-6-2-7-15-31)51(45)35-22-20-34(21-23-35)50-41-28-32-26-27-49(33-16-8-3-9-17-33)40(32)29-39(41)37-24-25-38-36-18-10-11-19-42(36)52-44(38)43(37)50/h1-29H. The molecule has 0 fully saturated rings. The van der Waals surface area contributed by atoms with Crippen LogP contribution in [-0.4, -0.2) is 23.9 Å². The van der Waals surface area contributed by atoms with Crippen molar-refractivity contribution in [3.8, 4) is 39.8 Å². The summed E-state index contributed by atoms with van der Waals surface area (Å²) in [6, 6.07) is 60.4. The average molecular weight is 684 g/mol. The number of rotatable bonds is 5. The number of aromatic nitrogens is 5. The van der Waals surface area contributed by atoms with Gasteiger partial charge in [0.15, 0.2) is 11.6 Å². The van der Waals surface area contributed by atoms with E-state index in [4.69, 9.17) is 10.2 Å². The molecule has 0 amide bonds. The van der Waals surface area contributed by atoms with Crippen molar-refractivity contribution in [3.05, 3.63) is 176 Å². The van der Waals surface area contributed by atoms with Crippen molar-refractivity contribution in [2.24, 2.45) is 0 Å². The first-order valence-corrected chi connectivity index (χ1v) is 18.2. The highest BCUT2D eigenvalue weighted by Gasteiger charge is 2.21. The Balaban J connectivity index is 1.17. The molecule has 0 atom stereocenters. The molecule has 11 aromatic rings. The van der Waals surface area contributed by atoms with Crippen LogP contribution in [0.3, 0.4) is 0 Å². The maximum atomic E-state index is 4.71. The SMILES string of the molecule is c1ccc(-c2nnc(-c3ccccc3)n2-c2ccc(-n3c4cc5ccn(-c6ccccc6)c5cc4c4ccc5c6ccccc6sc5c43)cc2)cc1. The number of hydrogen-bond acceptors (Lipinski definition) is 3. The van der Waals surface area contributed by atoms with Crippen LogP contribution in [0.4, 0.5) is 0 Å². The van der Waals surface area contributed by atoms with E-state index in [0.717, 1.165) is 39.8 Å². The molecule has 0 unspecified atom stereocenters. The van der Waals surface area contributed by atoms with Crippen LogP contribution in [0.25, 0.3) is 92.7 Å². The molecule has 52 heavy (non-hydrogen) atoms. The van der Waals surface area contributed by atoms with E-state index in [2.05, 4.69) is 153 Å². The second kappa shape index (κ2) is 11.4. The molecule has 7 aromatic carbocycles. The Kier molecular flexibility index (Phi) is 6.35. The van der Waals surface area contributed by atoms with Crippen LogP contribution in [0.15, 0.2) is 176 Å². The minimum absolute atomic E-state index is 0.807. The zero-order chi connectivity index (χ0) is 34.2. The Morgan fingerprint density at radius 1 is 0.423 bits per heavy atom. The van der Waals surface area contributed by atoms with Gasteiger partial charge in [-0.25, -0.2) is 0 Å². The van der Waals surface area contributed by atoms with Crippen molar-refractivity contribution in [2.45, 2.75) is 0 Å². The molecule has 0 radical (unpaired) electrons. The van der Waals surface area contributed by atoms with E-state index in [-0.39, 0.29) is 0 Å². The third kappa shape index (κ3) is 4.35. The fraction of sp³-hybridized carbons (Fsp3) is 0. The van der Waals surface area contributed by atoms with Crippen molar-refractivity contribution < 1.29 is 0 Å². The summed E-state index contributed by atoms with van der Waals surface area (Å²) in [4.78, 5) is 0. The van der Waals surface area contributed by atoms with Gasteiger partial charge in [-0.1, -0.05) is 109 Å². The molecule has 244 valence electrons. The molecule has 0 saturated heterocycles. The van der Waals surface area contributed by atoms with Gasteiger partial charge in [-0.3, -0.25) is 4.57 Å². The highest BCUT2D eigenvalue weighted by atomic mass is 32.1. The fourth-order valence-electron chi connectivity index (χ4n) is 7.82. The van der Waals surface area contributed by atoms with Gasteiger partial charge in [-0.15, -0.1) is 21.5 Å². The number of nitrogens with zero attached hydrogens (tertiary/aromatic N) is 5. The van der Waals surface area contributed by atoms with Gasteiger partial charge in [0.1, 0.15) is 0 Å². The molecule has 0 aliphatic carbocycles. The van der Waals surface area contributed by atoms with Gasteiger partial charge in [0.2, 0.25) is 0 Å². The van der Waals surface area contributed by atoms with Gasteiger partial charge in [0.25, 0.3) is 0 Å². The summed E-state index contributed by atoms with van der Waals surface area (Å²) in [6.45, 7) is 0. The molecule has 4 aromatic heterocycles. The van der Waals surface area contributed by atoms with E-state index in [0.29, 0.717) is 0 Å². The summed E-state index contributed by atoms with van der Waals surface area (Å²) in [7, 11) is 0. The molecule has 0 spiro atoms. The number of para-hydroxylation sites is 1. The van der Waals surface area contributed by atoms with E-state index < -0.39 is 0 Å². The summed E-state index contributed by atoms with van der Waals surface area (Å²) in [5.41, 5.74) is 8.91. The Bertz CT molecular complexity index is 3040. The largest absolute Gasteiger partial charge is 0.317 e. The molecular weight excluding hydrogens is 655 g/mol. The molecule has 0 aliphatic heterocycles. The maximum Gasteiger partial charge on any atom is 0.168 e. The minimum atomic E-state index is 0.807. The molecule has 4 heterocycles. The summed E-state index contributed by atoms with van der Waals surface area (Å²) in [5.74, 6) is 1.61. The monoisotopic (exact) mass is 683 g/mol. The molecule has 0 N–H and O–H groups in total. The highest BCUT2D eigenvalue weighted by Crippen LogP contribution is 2.44. The van der Waals surface area contributed by atoms with Crippen molar-refractivity contribution in [1.29, 1.82) is 0 Å². The Morgan fingerprint density at radius 2 is 1.02 bits per heavy atom. The van der Waals surface area contributed by atoms with Crippen LogP contribution in [0.1, 0.15) is 0 Å². The lowest BCUT2D eigenvalue weighted by Gasteiger charge is -2.13. The number of benzene rings is 7. The second-order valence-corrected chi connectivity index (χ2v) is 14.2. The quantitative estimate of drug-likeness (QED) is 0.181. The fourth-order valence-corrected chi connectivity index (χ4v) is 9.06. The number of thiophene rings is 1. The van der Waals surface area contributed by atoms with Crippen LogP contribution >= 0.6 is 11.3 Å². The lowest BCUT2D eigenvalue weighted by atomic mass is 10.1. The van der Waals surface area contributed by atoms with Crippen LogP contribution < -0.4 is 0 Å². The van der Waals surface area contributed by atoms with Gasteiger partial charge >= 0.3 is 0 Å². The maximum absolute atomic E-state index is 4.71. The van der Waals surface area contributed by atoms with Gasteiger partial charge in [-0.2, -0.15) is 0 Å². The van der Waals surface area contributed by atoms with Crippen molar-refractivity contribution in [1.82, 2.24) is 23.9 Å². The molecule has 0 aliphatic rings. The average Bonchev–Trinajstić information content (AvgIpc) is 4.00. The summed E-state index contributed by atoms with van der Waals surface area (Å²) in [6.07, 6.45) is 2.18. The zero-order valence-electron chi connectivity index (χ0n) is 27.9. The zero-order valence-corrected chi connectivity index (χ0v) is 28.7. The molecule has 0 saturated carbocycles. The van der Waals surface area contributed by atoms with Crippen LogP contribution in [0.5, 0.6) is 0 Å². The lowest BCUT2D eigenvalue weighted by Crippen LogP contribution is -2.01. The highest BCUT2D eigenvalue weighted by molar-refractivity contribution is 7.26. The topological polar surface area (TPSA) is 40.6 Å². The van der Waals surface area contributed by atoms with Crippen LogP contribution in [-0.2, 0) is 0 Å². The van der Waals surface area contributed by atoms with Gasteiger partial charge in [-0.05, 0) is 60.7 Å². The predicted molar refractivity (Wildman–Crippen MR) is 216 cm³/mol. The van der Waals surface area contributed by atoms with E-state index >= 15 is 0 Å². The molecule has 0 bridgehead atoms. The summed E-state index contributed by atoms with van der Waals surface area (Å²) < 4.78 is 9.52. The summed E-state index contributed by atoms with van der Waals surface area (Å²) in [5, 5.41) is 15.7. The Labute approximate surface area is 302 Å². The minimum Gasteiger partial charge on any atom is -0.317 e. The smallest absolute Gasteiger partial charge is 0.168 e. The normalized spacial score (nSPS) is 11.8. The van der Waals surface area contributed by atoms with Crippen LogP contribution in [0, 0.1) is 0 Å². The molecule has 11 rings (SSSR count). The van der Waals surface area contributed by atoms with E-state index in [1.165, 1.54) is 52.9 Å². The first-order valence-electron chi connectivity index (χ1n) is 17.4. The van der Waals surface area contributed by atoms with E-state index in [9.17, 15) is 0 Å². The first kappa shape index (κ1) is 29.0. The third-order valence-electron chi connectivity index (χ3n) is 10.2. The number of hydrogen-bond donors (Lipinski definition) is 0. The number of fused-ring (bicyclic) bond motifs is 8. The summed E-state index contributed by atoms with van der Waals surface area (Å²) >= 11 is 1.88. The predicted octanol–water partition coefficient (Wildman–Crippen LogP) is 12.0. The molecule has 5 nitrogen and oxygen atoms in total. The lowest BCUT2D eigenvalue weighted by molar-refractivity contribution is 1.07. The van der Waals surface area contributed by atoms with Gasteiger partial charge in [0.05, 0.1) is 21.3 Å². The Morgan fingerprint density at radius 3 is 1.71 bits per heavy atom. The van der Waals surface area contributed by atoms with Crippen molar-refractivity contribution in [2.75, 3.05) is 0 Å². The third-order valence-corrected chi connectivity index (χ3v) is 11.4. The van der Waals surface area contributed by atoms with Crippen LogP contribution in [0.2, 0.25) is 0 Å². The molecule has 6 heteroatoms. The molecular formula is C46H29N5S. The van der Waals surface area contributed by atoms with Crippen molar-refractivity contribution >= 4 is 64.2 Å². The van der Waals surface area contributed by atoms with Gasteiger partial charge < -0.3 is 9.13 Å². The van der Waals surface area contributed by atoms with Gasteiger partial charge in [0, 0.05) is 66.0 Å².